The molecule has 3 aromatic carbocycles. The summed E-state index contributed by atoms with van der Waals surface area (Å²) in [4.78, 5) is 12.7. The van der Waals surface area contributed by atoms with E-state index in [1.54, 1.807) is 24.3 Å². The second-order valence-electron chi connectivity index (χ2n) is 6.99. The molecule has 4 aromatic rings. The third kappa shape index (κ3) is 4.88. The maximum atomic E-state index is 12.7. The summed E-state index contributed by atoms with van der Waals surface area (Å²) < 4.78 is 7.99. The molecule has 0 saturated heterocycles. The second-order valence-corrected chi connectivity index (χ2v) is 7.93. The van der Waals surface area contributed by atoms with Crippen LogP contribution in [0.15, 0.2) is 90.1 Å². The summed E-state index contributed by atoms with van der Waals surface area (Å²) >= 11 is 1.32. The number of hydrogen-bond donors (Lipinski definition) is 0. The lowest BCUT2D eigenvalue weighted by molar-refractivity contribution is 0.102. The minimum atomic E-state index is -0.353. The highest BCUT2D eigenvalue weighted by atomic mass is 32.2. The van der Waals surface area contributed by atoms with Crippen LogP contribution in [0.5, 0.6) is 5.75 Å². The predicted molar refractivity (Wildman–Crippen MR) is 123 cm³/mol. The molecule has 158 valence electrons. The van der Waals surface area contributed by atoms with E-state index in [0.29, 0.717) is 22.1 Å². The lowest BCUT2D eigenvalue weighted by atomic mass is 10.1. The lowest BCUT2D eigenvalue weighted by Crippen LogP contribution is -2.12. The Bertz CT molecular complexity index is 1230. The van der Waals surface area contributed by atoms with Crippen LogP contribution in [0.25, 0.3) is 5.69 Å². The summed E-state index contributed by atoms with van der Waals surface area (Å²) in [6.45, 7) is 1.92. The fraction of sp³-hybridized carbons (Fsp3) is 0.120. The first-order chi connectivity index (χ1) is 15.7. The van der Waals surface area contributed by atoms with E-state index >= 15 is 0 Å². The smallest absolute Gasteiger partial charge is 0.196 e. The fourth-order valence-corrected chi connectivity index (χ4v) is 4.01. The van der Waals surface area contributed by atoms with E-state index in [1.165, 1.54) is 11.8 Å². The Morgan fingerprint density at radius 1 is 1.00 bits per heavy atom. The Balaban J connectivity index is 1.57. The van der Waals surface area contributed by atoms with Crippen molar-refractivity contribution in [3.8, 4) is 17.5 Å². The Labute approximate surface area is 190 Å². The van der Waals surface area contributed by atoms with E-state index in [4.69, 9.17) is 10.00 Å². The maximum Gasteiger partial charge on any atom is 0.196 e. The van der Waals surface area contributed by atoms with Gasteiger partial charge < -0.3 is 4.74 Å². The molecule has 0 saturated carbocycles. The molecule has 0 unspecified atom stereocenters. The van der Waals surface area contributed by atoms with Gasteiger partial charge in [-0.1, -0.05) is 60.3 Å². The highest BCUT2D eigenvalue weighted by Crippen LogP contribution is 2.28. The van der Waals surface area contributed by atoms with E-state index in [9.17, 15) is 4.79 Å². The first-order valence-electron chi connectivity index (χ1n) is 10.0. The Morgan fingerprint density at radius 3 is 2.31 bits per heavy atom. The number of carbonyl (C=O) groups is 1. The van der Waals surface area contributed by atoms with Gasteiger partial charge in [-0.3, -0.25) is 9.36 Å². The summed E-state index contributed by atoms with van der Waals surface area (Å²) in [6, 6.07) is 28.0. The second kappa shape index (κ2) is 9.94. The lowest BCUT2D eigenvalue weighted by Gasteiger charge is -2.16. The third-order valence-corrected chi connectivity index (χ3v) is 5.69. The number of benzene rings is 3. The van der Waals surface area contributed by atoms with Gasteiger partial charge in [0.15, 0.2) is 22.9 Å². The number of ketones is 1. The molecule has 0 aliphatic rings. The van der Waals surface area contributed by atoms with Gasteiger partial charge in [0.05, 0.1) is 17.4 Å². The molecule has 0 N–H and O–H groups in total. The van der Waals surface area contributed by atoms with Gasteiger partial charge in [0, 0.05) is 11.3 Å². The largest absolute Gasteiger partial charge is 0.483 e. The molecule has 0 fully saturated rings. The molecule has 0 aliphatic carbocycles. The van der Waals surface area contributed by atoms with Crippen LogP contribution in [-0.4, -0.2) is 26.3 Å². The minimum Gasteiger partial charge on any atom is -0.483 e. The fourth-order valence-electron chi connectivity index (χ4n) is 3.16. The molecule has 32 heavy (non-hydrogen) atoms. The third-order valence-electron chi connectivity index (χ3n) is 4.76. The van der Waals surface area contributed by atoms with Crippen LogP contribution < -0.4 is 4.74 Å². The van der Waals surface area contributed by atoms with Gasteiger partial charge in [-0.05, 0) is 43.3 Å². The number of hydrogen-bond acceptors (Lipinski definition) is 6. The molecule has 0 bridgehead atoms. The maximum absolute atomic E-state index is 12.7. The summed E-state index contributed by atoms with van der Waals surface area (Å²) in [6.07, 6.45) is -0.353. The number of nitriles is 1. The Morgan fingerprint density at radius 2 is 1.66 bits per heavy atom. The van der Waals surface area contributed by atoms with E-state index in [-0.39, 0.29) is 17.6 Å². The van der Waals surface area contributed by atoms with E-state index in [2.05, 4.69) is 16.3 Å². The molecule has 1 atom stereocenters. The molecule has 7 heteroatoms. The van der Waals surface area contributed by atoms with Crippen molar-refractivity contribution in [3.63, 3.8) is 0 Å². The molecule has 6 nitrogen and oxygen atoms in total. The summed E-state index contributed by atoms with van der Waals surface area (Å²) in [7, 11) is 0. The van der Waals surface area contributed by atoms with E-state index < -0.39 is 0 Å². The number of nitrogens with zero attached hydrogens (tertiary/aromatic N) is 4. The zero-order chi connectivity index (χ0) is 22.3. The van der Waals surface area contributed by atoms with Gasteiger partial charge in [0.25, 0.3) is 0 Å². The first kappa shape index (κ1) is 21.3. The van der Waals surface area contributed by atoms with Gasteiger partial charge in [-0.15, -0.1) is 10.2 Å². The summed E-state index contributed by atoms with van der Waals surface area (Å²) in [5, 5.41) is 18.3. The molecular formula is C25H20N4O2S. The van der Waals surface area contributed by atoms with E-state index in [0.717, 1.165) is 11.4 Å². The average molecular weight is 441 g/mol. The van der Waals surface area contributed by atoms with Gasteiger partial charge in [0.1, 0.15) is 5.75 Å². The van der Waals surface area contributed by atoms with Crippen molar-refractivity contribution in [2.45, 2.75) is 18.2 Å². The molecule has 1 aromatic heterocycles. The van der Waals surface area contributed by atoms with Crippen LogP contribution in [0.2, 0.25) is 0 Å². The molecule has 0 radical (unpaired) electrons. The number of ether oxygens (including phenoxy) is 1. The predicted octanol–water partition coefficient (Wildman–Crippen LogP) is 5.25. The molecule has 0 aliphatic heterocycles. The zero-order valence-electron chi connectivity index (χ0n) is 17.4. The molecule has 0 amide bonds. The number of rotatable bonds is 8. The standard InChI is InChI=1S/C25H20N4O2S/c1-18(31-22-10-6-3-7-11-22)24-27-28-25(29(24)21-8-4-2-5-9-21)32-17-23(30)20-14-12-19(16-26)13-15-20/h2-15,18H,17H2,1H3/t18-/m1/s1. The van der Waals surface area contributed by atoms with Gasteiger partial charge >= 0.3 is 0 Å². The van der Waals surface area contributed by atoms with Gasteiger partial charge in [-0.2, -0.15) is 5.26 Å². The monoisotopic (exact) mass is 440 g/mol. The number of Topliss-reactive ketones (excluding diaryl/α,β-unsaturated/α-hetero) is 1. The number of carbonyl (C=O) groups excluding carboxylic acids is 1. The van der Waals surface area contributed by atoms with Crippen molar-refractivity contribution < 1.29 is 9.53 Å². The van der Waals surface area contributed by atoms with Crippen molar-refractivity contribution >= 4 is 17.5 Å². The van der Waals surface area contributed by atoms with Crippen LogP contribution in [0.1, 0.15) is 34.8 Å². The molecule has 1 heterocycles. The van der Waals surface area contributed by atoms with Crippen molar-refractivity contribution in [3.05, 3.63) is 102 Å². The average Bonchev–Trinajstić information content (AvgIpc) is 3.28. The molecular weight excluding hydrogens is 420 g/mol. The van der Waals surface area contributed by atoms with Crippen molar-refractivity contribution in [2.24, 2.45) is 0 Å². The van der Waals surface area contributed by atoms with Crippen LogP contribution >= 0.6 is 11.8 Å². The quantitative estimate of drug-likeness (QED) is 0.275. The highest BCUT2D eigenvalue weighted by Gasteiger charge is 2.21. The highest BCUT2D eigenvalue weighted by molar-refractivity contribution is 7.99. The first-order valence-corrected chi connectivity index (χ1v) is 11.0. The number of thioether (sulfide) groups is 1. The normalized spacial score (nSPS) is 11.5. The summed E-state index contributed by atoms with van der Waals surface area (Å²) in [5.74, 6) is 1.54. The minimum absolute atomic E-state index is 0.0442. The number of para-hydroxylation sites is 2. The van der Waals surface area contributed by atoms with Crippen molar-refractivity contribution in [1.29, 1.82) is 5.26 Å². The van der Waals surface area contributed by atoms with Crippen molar-refractivity contribution in [1.82, 2.24) is 14.8 Å². The van der Waals surface area contributed by atoms with Gasteiger partial charge in [-0.25, -0.2) is 0 Å². The van der Waals surface area contributed by atoms with Crippen LogP contribution in [-0.2, 0) is 0 Å². The SMILES string of the molecule is C[C@@H](Oc1ccccc1)c1nnc(SCC(=O)c2ccc(C#N)cc2)n1-c1ccccc1. The van der Waals surface area contributed by atoms with Crippen molar-refractivity contribution in [2.75, 3.05) is 5.75 Å². The van der Waals surface area contributed by atoms with Crippen LogP contribution in [0.4, 0.5) is 0 Å². The van der Waals surface area contributed by atoms with E-state index in [1.807, 2.05) is 72.2 Å². The van der Waals surface area contributed by atoms with Crippen LogP contribution in [0.3, 0.4) is 0 Å². The molecule has 4 rings (SSSR count). The van der Waals surface area contributed by atoms with Gasteiger partial charge in [0.2, 0.25) is 0 Å². The zero-order valence-corrected chi connectivity index (χ0v) is 18.2. The number of aromatic nitrogens is 3. The van der Waals surface area contributed by atoms with Crippen LogP contribution in [0, 0.1) is 11.3 Å². The topological polar surface area (TPSA) is 80.8 Å². The Kier molecular flexibility index (Phi) is 6.63. The summed E-state index contributed by atoms with van der Waals surface area (Å²) in [5.41, 5.74) is 1.97. The molecule has 0 spiro atoms. The Hall–Kier alpha value is -3.89.